The number of anilines is 2. The van der Waals surface area contributed by atoms with Crippen LogP contribution in [0, 0.1) is 0 Å². The van der Waals surface area contributed by atoms with Gasteiger partial charge in [0.05, 0.1) is 11.9 Å². The molecule has 0 spiro atoms. The van der Waals surface area contributed by atoms with Crippen molar-refractivity contribution in [2.45, 2.75) is 18.9 Å². The number of nitrogens with zero attached hydrogens (tertiary/aromatic N) is 4. The van der Waals surface area contributed by atoms with E-state index in [0.29, 0.717) is 11.7 Å². The Kier molecular flexibility index (Phi) is 3.69. The van der Waals surface area contributed by atoms with Gasteiger partial charge in [0, 0.05) is 19.1 Å². The van der Waals surface area contributed by atoms with E-state index in [1.807, 2.05) is 0 Å². The van der Waals surface area contributed by atoms with Crippen molar-refractivity contribution >= 4 is 23.1 Å². The van der Waals surface area contributed by atoms with Gasteiger partial charge in [-0.3, -0.25) is 0 Å². The fourth-order valence-corrected chi connectivity index (χ4v) is 2.31. The third-order valence-corrected chi connectivity index (χ3v) is 3.37. The van der Waals surface area contributed by atoms with Gasteiger partial charge in [0.15, 0.2) is 5.82 Å². The van der Waals surface area contributed by atoms with E-state index < -0.39 is 0 Å². The number of aromatic nitrogens is 2. The maximum Gasteiger partial charge on any atom is 0.224 e. The average Bonchev–Trinajstić information content (AvgIpc) is 2.32. The zero-order valence-corrected chi connectivity index (χ0v) is 11.0. The van der Waals surface area contributed by atoms with Crippen LogP contribution >= 0.6 is 11.6 Å². The first-order valence-corrected chi connectivity index (χ1v) is 6.15. The minimum absolute atomic E-state index is 0.251. The summed E-state index contributed by atoms with van der Waals surface area (Å²) in [5, 5.41) is 0.251. The standard InChI is InChI=1S/C11H18ClN5/c1-16(2)8-4-3-5-17(7-8)10-9(13)6-14-11(12)15-10/h6,8H,3-5,7,13H2,1-2H3. The van der Waals surface area contributed by atoms with Gasteiger partial charge < -0.3 is 15.5 Å². The van der Waals surface area contributed by atoms with E-state index in [9.17, 15) is 0 Å². The summed E-state index contributed by atoms with van der Waals surface area (Å²) in [6.07, 6.45) is 3.93. The molecule has 2 rings (SSSR count). The molecule has 1 aromatic rings. The monoisotopic (exact) mass is 255 g/mol. The zero-order valence-electron chi connectivity index (χ0n) is 10.2. The number of nitrogen functional groups attached to an aromatic ring is 1. The Morgan fingerprint density at radius 3 is 3.00 bits per heavy atom. The maximum atomic E-state index is 5.90. The minimum atomic E-state index is 0.251. The molecule has 1 aromatic heterocycles. The highest BCUT2D eigenvalue weighted by atomic mass is 35.5. The van der Waals surface area contributed by atoms with Crippen LogP contribution in [0.4, 0.5) is 11.5 Å². The summed E-state index contributed by atoms with van der Waals surface area (Å²) in [5.41, 5.74) is 6.49. The molecule has 1 aliphatic heterocycles. The second-order valence-electron chi connectivity index (χ2n) is 4.62. The molecule has 1 saturated heterocycles. The summed E-state index contributed by atoms with van der Waals surface area (Å²) >= 11 is 5.82. The summed E-state index contributed by atoms with van der Waals surface area (Å²) in [4.78, 5) is 12.5. The van der Waals surface area contributed by atoms with E-state index in [-0.39, 0.29) is 5.28 Å². The lowest BCUT2D eigenvalue weighted by Crippen LogP contribution is -2.45. The second-order valence-corrected chi connectivity index (χ2v) is 4.96. The van der Waals surface area contributed by atoms with Crippen molar-refractivity contribution < 1.29 is 0 Å². The van der Waals surface area contributed by atoms with Crippen LogP contribution in [0.3, 0.4) is 0 Å². The molecule has 1 fully saturated rings. The topological polar surface area (TPSA) is 58.3 Å². The molecule has 0 amide bonds. The molecule has 0 saturated carbocycles. The lowest BCUT2D eigenvalue weighted by Gasteiger charge is -2.37. The van der Waals surface area contributed by atoms with E-state index >= 15 is 0 Å². The zero-order chi connectivity index (χ0) is 12.4. The van der Waals surface area contributed by atoms with Crippen LogP contribution in [0.1, 0.15) is 12.8 Å². The average molecular weight is 256 g/mol. The smallest absolute Gasteiger partial charge is 0.224 e. The van der Waals surface area contributed by atoms with Gasteiger partial charge in [-0.15, -0.1) is 0 Å². The van der Waals surface area contributed by atoms with E-state index in [1.54, 1.807) is 6.20 Å². The minimum Gasteiger partial charge on any atom is -0.394 e. The van der Waals surface area contributed by atoms with Gasteiger partial charge in [0.25, 0.3) is 0 Å². The highest BCUT2D eigenvalue weighted by Gasteiger charge is 2.23. The maximum absolute atomic E-state index is 5.90. The van der Waals surface area contributed by atoms with Crippen LogP contribution in [0.15, 0.2) is 6.20 Å². The number of likely N-dealkylation sites (N-methyl/N-ethyl adjacent to an activating group) is 1. The Hall–Kier alpha value is -1.07. The number of halogens is 1. The van der Waals surface area contributed by atoms with E-state index in [4.69, 9.17) is 17.3 Å². The normalized spacial score (nSPS) is 20.9. The number of rotatable bonds is 2. The molecule has 1 atom stereocenters. The molecule has 0 aliphatic carbocycles. The Morgan fingerprint density at radius 1 is 1.53 bits per heavy atom. The molecule has 0 bridgehead atoms. The molecule has 6 heteroatoms. The van der Waals surface area contributed by atoms with Crippen molar-refractivity contribution in [2.75, 3.05) is 37.8 Å². The number of hydrogen-bond acceptors (Lipinski definition) is 5. The lowest BCUT2D eigenvalue weighted by atomic mass is 10.0. The Morgan fingerprint density at radius 2 is 2.29 bits per heavy atom. The molecular weight excluding hydrogens is 238 g/mol. The Bertz CT molecular complexity index is 395. The molecule has 0 aromatic carbocycles. The van der Waals surface area contributed by atoms with Crippen LogP contribution in [0.2, 0.25) is 5.28 Å². The fourth-order valence-electron chi connectivity index (χ4n) is 2.18. The quantitative estimate of drug-likeness (QED) is 0.806. The predicted octanol–water partition coefficient (Wildman–Crippen LogP) is 1.24. The molecule has 5 nitrogen and oxygen atoms in total. The van der Waals surface area contributed by atoms with Gasteiger partial charge in [0.1, 0.15) is 0 Å². The second kappa shape index (κ2) is 5.06. The first-order valence-electron chi connectivity index (χ1n) is 5.77. The van der Waals surface area contributed by atoms with Gasteiger partial charge in [-0.1, -0.05) is 0 Å². The van der Waals surface area contributed by atoms with Gasteiger partial charge in [-0.25, -0.2) is 4.98 Å². The molecule has 17 heavy (non-hydrogen) atoms. The first-order chi connectivity index (χ1) is 8.08. The fraction of sp³-hybridized carbons (Fsp3) is 0.636. The van der Waals surface area contributed by atoms with Gasteiger partial charge in [-0.2, -0.15) is 4.98 Å². The largest absolute Gasteiger partial charge is 0.394 e. The van der Waals surface area contributed by atoms with Gasteiger partial charge in [0.2, 0.25) is 5.28 Å². The van der Waals surface area contributed by atoms with Crippen LogP contribution < -0.4 is 10.6 Å². The Balaban J connectivity index is 2.18. The highest BCUT2D eigenvalue weighted by Crippen LogP contribution is 2.25. The van der Waals surface area contributed by atoms with E-state index in [0.717, 1.165) is 25.3 Å². The summed E-state index contributed by atoms with van der Waals surface area (Å²) < 4.78 is 0. The lowest BCUT2D eigenvalue weighted by molar-refractivity contribution is 0.257. The van der Waals surface area contributed by atoms with E-state index in [1.165, 1.54) is 6.42 Å². The number of nitrogens with two attached hydrogens (primary N) is 1. The third kappa shape index (κ3) is 2.79. The third-order valence-electron chi connectivity index (χ3n) is 3.19. The van der Waals surface area contributed by atoms with Crippen LogP contribution in [-0.2, 0) is 0 Å². The van der Waals surface area contributed by atoms with Crippen LogP contribution in [0.25, 0.3) is 0 Å². The molecule has 2 N–H and O–H groups in total. The summed E-state index contributed by atoms with van der Waals surface area (Å²) in [6.45, 7) is 1.91. The van der Waals surface area contributed by atoms with Crippen molar-refractivity contribution in [3.8, 4) is 0 Å². The molecule has 1 aliphatic rings. The predicted molar refractivity (Wildman–Crippen MR) is 70.4 cm³/mol. The van der Waals surface area contributed by atoms with E-state index in [2.05, 4.69) is 33.9 Å². The summed E-state index contributed by atoms with van der Waals surface area (Å²) in [5.74, 6) is 0.761. The summed E-state index contributed by atoms with van der Waals surface area (Å²) in [6, 6.07) is 0.539. The molecule has 1 unspecified atom stereocenters. The summed E-state index contributed by atoms with van der Waals surface area (Å²) in [7, 11) is 4.20. The molecule has 94 valence electrons. The van der Waals surface area contributed by atoms with Gasteiger partial charge in [-0.05, 0) is 38.5 Å². The highest BCUT2D eigenvalue weighted by molar-refractivity contribution is 6.28. The van der Waals surface area contributed by atoms with Crippen molar-refractivity contribution in [1.82, 2.24) is 14.9 Å². The van der Waals surface area contributed by atoms with Crippen molar-refractivity contribution in [1.29, 1.82) is 0 Å². The molecular formula is C11H18ClN5. The Labute approximate surface area is 107 Å². The first kappa shape index (κ1) is 12.4. The number of hydrogen-bond donors (Lipinski definition) is 1. The van der Waals surface area contributed by atoms with Crippen molar-refractivity contribution in [3.05, 3.63) is 11.5 Å². The van der Waals surface area contributed by atoms with Crippen LogP contribution in [-0.4, -0.2) is 48.1 Å². The van der Waals surface area contributed by atoms with Crippen molar-refractivity contribution in [3.63, 3.8) is 0 Å². The van der Waals surface area contributed by atoms with Crippen LogP contribution in [0.5, 0.6) is 0 Å². The van der Waals surface area contributed by atoms with Crippen molar-refractivity contribution in [2.24, 2.45) is 0 Å². The molecule has 2 heterocycles. The van der Waals surface area contributed by atoms with Gasteiger partial charge >= 0.3 is 0 Å². The number of piperidine rings is 1. The SMILES string of the molecule is CN(C)C1CCCN(c2nc(Cl)ncc2N)C1. The molecule has 0 radical (unpaired) electrons.